The third kappa shape index (κ3) is 4.32. The molecular weight excluding hydrogens is 294 g/mol. The Morgan fingerprint density at radius 3 is 2.52 bits per heavy atom. The first-order valence-corrected chi connectivity index (χ1v) is 7.24. The second-order valence-corrected chi connectivity index (χ2v) is 5.63. The van der Waals surface area contributed by atoms with E-state index in [2.05, 4.69) is 20.5 Å². The number of phenolic OH excluding ortho intramolecular Hbond substituents is 2. The summed E-state index contributed by atoms with van der Waals surface area (Å²) in [5.74, 6) is 2.23. The molecule has 1 aromatic carbocycles. The van der Waals surface area contributed by atoms with Crippen LogP contribution in [0.2, 0.25) is 0 Å². The van der Waals surface area contributed by atoms with E-state index in [-0.39, 0.29) is 17.4 Å². The van der Waals surface area contributed by atoms with Gasteiger partial charge >= 0.3 is 0 Å². The maximum absolute atomic E-state index is 9.71. The molecular formula is C16H21N5O2. The Balaban J connectivity index is 2.20. The van der Waals surface area contributed by atoms with E-state index in [0.29, 0.717) is 11.4 Å². The summed E-state index contributed by atoms with van der Waals surface area (Å²) in [4.78, 5) is 10.8. The van der Waals surface area contributed by atoms with Crippen LogP contribution in [0.1, 0.15) is 31.2 Å². The van der Waals surface area contributed by atoms with Gasteiger partial charge in [-0.25, -0.2) is 9.97 Å². The average Bonchev–Trinajstić information content (AvgIpc) is 2.49. The molecule has 0 aliphatic heterocycles. The van der Waals surface area contributed by atoms with Gasteiger partial charge in [-0.3, -0.25) is 5.43 Å². The Hall–Kier alpha value is -2.83. The first-order valence-electron chi connectivity index (χ1n) is 7.24. The second kappa shape index (κ2) is 6.95. The second-order valence-electron chi connectivity index (χ2n) is 5.63. The monoisotopic (exact) mass is 315 g/mol. The Morgan fingerprint density at radius 1 is 1.17 bits per heavy atom. The van der Waals surface area contributed by atoms with Crippen molar-refractivity contribution >= 4 is 17.9 Å². The van der Waals surface area contributed by atoms with Crippen LogP contribution in [-0.2, 0) is 0 Å². The smallest absolute Gasteiger partial charge is 0.152 e. The van der Waals surface area contributed by atoms with E-state index in [1.807, 2.05) is 32.8 Å². The molecule has 0 amide bonds. The summed E-state index contributed by atoms with van der Waals surface area (Å²) >= 11 is 0. The van der Waals surface area contributed by atoms with Crippen LogP contribution in [0, 0.1) is 0 Å². The van der Waals surface area contributed by atoms with Gasteiger partial charge in [0.05, 0.1) is 6.21 Å². The molecule has 122 valence electrons. The first-order chi connectivity index (χ1) is 10.9. The molecule has 0 atom stereocenters. The maximum atomic E-state index is 9.71. The molecule has 7 nitrogen and oxygen atoms in total. The van der Waals surface area contributed by atoms with E-state index in [1.54, 1.807) is 12.1 Å². The molecule has 1 aromatic heterocycles. The third-order valence-corrected chi connectivity index (χ3v) is 3.10. The lowest BCUT2D eigenvalue weighted by Crippen LogP contribution is -2.13. The molecule has 3 N–H and O–H groups in total. The van der Waals surface area contributed by atoms with Gasteiger partial charge in [-0.05, 0) is 12.1 Å². The Kier molecular flexibility index (Phi) is 5.00. The lowest BCUT2D eigenvalue weighted by molar-refractivity contribution is 0.450. The van der Waals surface area contributed by atoms with Crippen molar-refractivity contribution < 1.29 is 10.2 Å². The quantitative estimate of drug-likeness (QED) is 0.580. The van der Waals surface area contributed by atoms with Crippen LogP contribution < -0.4 is 10.3 Å². The number of hydrogen-bond donors (Lipinski definition) is 3. The van der Waals surface area contributed by atoms with Crippen LogP contribution in [0.4, 0.5) is 11.6 Å². The maximum Gasteiger partial charge on any atom is 0.152 e. The summed E-state index contributed by atoms with van der Waals surface area (Å²) in [6.45, 7) is 4.05. The van der Waals surface area contributed by atoms with Gasteiger partial charge in [0.1, 0.15) is 23.1 Å². The molecule has 0 saturated heterocycles. The fourth-order valence-corrected chi connectivity index (χ4v) is 1.81. The predicted molar refractivity (Wildman–Crippen MR) is 91.4 cm³/mol. The molecule has 7 heteroatoms. The van der Waals surface area contributed by atoms with Gasteiger partial charge in [0.2, 0.25) is 0 Å². The minimum Gasteiger partial charge on any atom is -0.508 e. The summed E-state index contributed by atoms with van der Waals surface area (Å²) < 4.78 is 0. The fraction of sp³-hybridized carbons (Fsp3) is 0.312. The van der Waals surface area contributed by atoms with E-state index in [4.69, 9.17) is 0 Å². The number of aromatic nitrogens is 2. The van der Waals surface area contributed by atoms with Gasteiger partial charge in [0.15, 0.2) is 5.82 Å². The fourth-order valence-electron chi connectivity index (χ4n) is 1.81. The van der Waals surface area contributed by atoms with Gasteiger partial charge in [0, 0.05) is 37.7 Å². The van der Waals surface area contributed by atoms with E-state index in [9.17, 15) is 10.2 Å². The summed E-state index contributed by atoms with van der Waals surface area (Å²) in [5, 5.41) is 23.1. The molecule has 0 aliphatic rings. The van der Waals surface area contributed by atoms with Crippen LogP contribution >= 0.6 is 0 Å². The van der Waals surface area contributed by atoms with E-state index in [0.717, 1.165) is 11.6 Å². The van der Waals surface area contributed by atoms with Gasteiger partial charge in [-0.15, -0.1) is 0 Å². The van der Waals surface area contributed by atoms with Crippen LogP contribution in [0.3, 0.4) is 0 Å². The number of nitrogens with one attached hydrogen (secondary N) is 1. The van der Waals surface area contributed by atoms with Crippen molar-refractivity contribution in [1.29, 1.82) is 0 Å². The van der Waals surface area contributed by atoms with Crippen LogP contribution in [0.15, 0.2) is 29.4 Å². The molecule has 0 spiro atoms. The van der Waals surface area contributed by atoms with Crippen molar-refractivity contribution in [1.82, 2.24) is 9.97 Å². The zero-order valence-corrected chi connectivity index (χ0v) is 13.6. The number of rotatable bonds is 5. The molecule has 23 heavy (non-hydrogen) atoms. The molecule has 2 aromatic rings. The summed E-state index contributed by atoms with van der Waals surface area (Å²) in [6.07, 6.45) is 1.46. The number of phenols is 2. The van der Waals surface area contributed by atoms with Crippen molar-refractivity contribution in [2.24, 2.45) is 5.10 Å². The van der Waals surface area contributed by atoms with Crippen molar-refractivity contribution in [3.8, 4) is 11.5 Å². The zero-order chi connectivity index (χ0) is 17.0. The lowest BCUT2D eigenvalue weighted by Gasteiger charge is -2.15. The number of nitrogens with zero attached hydrogens (tertiary/aromatic N) is 4. The molecule has 0 saturated carbocycles. The molecule has 0 radical (unpaired) electrons. The minimum atomic E-state index is -0.0462. The minimum absolute atomic E-state index is 0.000564. The molecule has 0 unspecified atom stereocenters. The summed E-state index contributed by atoms with van der Waals surface area (Å²) in [7, 11) is 3.82. The highest BCUT2D eigenvalue weighted by molar-refractivity contribution is 5.84. The molecule has 0 bridgehead atoms. The Bertz CT molecular complexity index is 687. The first kappa shape index (κ1) is 16.5. The summed E-state index contributed by atoms with van der Waals surface area (Å²) in [5.41, 5.74) is 3.33. The molecule has 0 aliphatic carbocycles. The van der Waals surface area contributed by atoms with Gasteiger partial charge in [-0.1, -0.05) is 13.8 Å². The highest BCUT2D eigenvalue weighted by Crippen LogP contribution is 2.21. The number of anilines is 2. The largest absolute Gasteiger partial charge is 0.508 e. The van der Waals surface area contributed by atoms with Crippen LogP contribution in [0.25, 0.3) is 0 Å². The predicted octanol–water partition coefficient (Wildman–Crippen LogP) is 2.52. The molecule has 2 rings (SSSR count). The Labute approximate surface area is 135 Å². The SMILES string of the molecule is CC(C)c1nc(NN=Cc2ccc(O)cc2O)cc(N(C)C)n1. The van der Waals surface area contributed by atoms with E-state index in [1.165, 1.54) is 18.3 Å². The number of hydrogen-bond acceptors (Lipinski definition) is 7. The van der Waals surface area contributed by atoms with Crippen LogP contribution in [0.5, 0.6) is 11.5 Å². The van der Waals surface area contributed by atoms with Gasteiger partial charge < -0.3 is 15.1 Å². The molecule has 1 heterocycles. The van der Waals surface area contributed by atoms with Crippen molar-refractivity contribution in [3.05, 3.63) is 35.7 Å². The van der Waals surface area contributed by atoms with Gasteiger partial charge in [-0.2, -0.15) is 5.10 Å². The van der Waals surface area contributed by atoms with Crippen LogP contribution in [-0.4, -0.2) is 40.5 Å². The third-order valence-electron chi connectivity index (χ3n) is 3.10. The number of benzene rings is 1. The topological polar surface area (TPSA) is 93.9 Å². The highest BCUT2D eigenvalue weighted by atomic mass is 16.3. The Morgan fingerprint density at radius 2 is 1.91 bits per heavy atom. The van der Waals surface area contributed by atoms with E-state index >= 15 is 0 Å². The zero-order valence-electron chi connectivity index (χ0n) is 13.6. The summed E-state index contributed by atoms with van der Waals surface area (Å²) in [6, 6.07) is 6.10. The van der Waals surface area contributed by atoms with Crippen molar-refractivity contribution in [2.75, 3.05) is 24.4 Å². The van der Waals surface area contributed by atoms with Crippen molar-refractivity contribution in [2.45, 2.75) is 19.8 Å². The van der Waals surface area contributed by atoms with Crippen molar-refractivity contribution in [3.63, 3.8) is 0 Å². The average molecular weight is 315 g/mol. The highest BCUT2D eigenvalue weighted by Gasteiger charge is 2.09. The molecule has 0 fully saturated rings. The lowest BCUT2D eigenvalue weighted by atomic mass is 10.2. The number of aromatic hydroxyl groups is 2. The standard InChI is InChI=1S/C16H21N5O2/c1-10(2)16-18-14(8-15(19-16)21(3)4)20-17-9-11-5-6-12(22)7-13(11)23/h5-10,22-23H,1-4H3,(H,18,19,20). The number of hydrazone groups is 1. The van der Waals surface area contributed by atoms with E-state index < -0.39 is 0 Å². The van der Waals surface area contributed by atoms with Gasteiger partial charge in [0.25, 0.3) is 0 Å². The normalized spacial score (nSPS) is 11.2.